The van der Waals surface area contributed by atoms with Crippen molar-refractivity contribution in [1.29, 1.82) is 0 Å². The Morgan fingerprint density at radius 1 is 1.47 bits per heavy atom. The summed E-state index contributed by atoms with van der Waals surface area (Å²) >= 11 is 10.7. The van der Waals surface area contributed by atoms with E-state index >= 15 is 0 Å². The van der Waals surface area contributed by atoms with Gasteiger partial charge in [0.1, 0.15) is 4.21 Å². The zero-order chi connectivity index (χ0) is 14.8. The zero-order valence-electron chi connectivity index (χ0n) is 11.5. The third-order valence-corrected chi connectivity index (χ3v) is 6.77. The number of sulfonamides is 1. The van der Waals surface area contributed by atoms with Gasteiger partial charge in [-0.15, -0.1) is 22.9 Å². The molecule has 1 aromatic rings. The number of alkyl halides is 1. The maximum atomic E-state index is 12.1. The van der Waals surface area contributed by atoms with Crippen molar-refractivity contribution in [3.05, 3.63) is 15.4 Å². The number of nitrogens with one attached hydrogen (secondary N) is 1. The summed E-state index contributed by atoms with van der Waals surface area (Å²) in [4.78, 5) is 0. The van der Waals surface area contributed by atoms with Crippen molar-refractivity contribution in [1.82, 2.24) is 4.72 Å². The fourth-order valence-corrected chi connectivity index (χ4v) is 5.56. The summed E-state index contributed by atoms with van der Waals surface area (Å²) in [5, 5.41) is -0.209. The second kappa shape index (κ2) is 6.43. The molecule has 3 nitrogen and oxygen atoms in total. The molecule has 1 unspecified atom stereocenters. The van der Waals surface area contributed by atoms with E-state index in [2.05, 4.69) is 41.4 Å². The molecule has 0 spiro atoms. The first-order valence-electron chi connectivity index (χ1n) is 5.91. The minimum Gasteiger partial charge on any atom is -0.209 e. The monoisotopic (exact) mass is 387 g/mol. The van der Waals surface area contributed by atoms with Crippen LogP contribution in [0.4, 0.5) is 0 Å². The lowest BCUT2D eigenvalue weighted by Crippen LogP contribution is -2.31. The lowest BCUT2D eigenvalue weighted by Gasteiger charge is -2.21. The van der Waals surface area contributed by atoms with Crippen molar-refractivity contribution in [2.24, 2.45) is 5.41 Å². The molecule has 0 saturated carbocycles. The molecule has 0 aliphatic rings. The van der Waals surface area contributed by atoms with E-state index in [9.17, 15) is 8.42 Å². The Labute approximate surface area is 132 Å². The summed E-state index contributed by atoms with van der Waals surface area (Å²) in [5.41, 5.74) is 1.00. The van der Waals surface area contributed by atoms with E-state index in [1.807, 2.05) is 6.92 Å². The van der Waals surface area contributed by atoms with Gasteiger partial charge in [-0.3, -0.25) is 0 Å². The van der Waals surface area contributed by atoms with Crippen LogP contribution in [-0.2, 0) is 10.0 Å². The van der Waals surface area contributed by atoms with Gasteiger partial charge in [-0.05, 0) is 46.3 Å². The summed E-state index contributed by atoms with van der Waals surface area (Å²) < 4.78 is 27.9. The topological polar surface area (TPSA) is 46.2 Å². The average Bonchev–Trinajstić information content (AvgIpc) is 2.55. The van der Waals surface area contributed by atoms with E-state index in [-0.39, 0.29) is 17.3 Å². The van der Waals surface area contributed by atoms with E-state index in [4.69, 9.17) is 11.6 Å². The maximum Gasteiger partial charge on any atom is 0.250 e. The van der Waals surface area contributed by atoms with Gasteiger partial charge in [-0.25, -0.2) is 13.1 Å². The molecule has 1 rings (SSSR count). The summed E-state index contributed by atoms with van der Waals surface area (Å²) in [5.74, 6) is 0. The second-order valence-electron chi connectivity index (χ2n) is 5.74. The number of aryl methyl sites for hydroxylation is 1. The first-order chi connectivity index (χ1) is 8.51. The van der Waals surface area contributed by atoms with Crippen LogP contribution in [0.5, 0.6) is 0 Å². The number of hydrogen-bond acceptors (Lipinski definition) is 3. The maximum absolute atomic E-state index is 12.1. The van der Waals surface area contributed by atoms with Crippen LogP contribution >= 0.6 is 38.9 Å². The molecule has 0 bridgehead atoms. The van der Waals surface area contributed by atoms with Crippen LogP contribution in [0.2, 0.25) is 0 Å². The second-order valence-corrected chi connectivity index (χ2v) is 10.7. The molecule has 0 aromatic carbocycles. The molecule has 0 aliphatic carbocycles. The number of hydrogen-bond donors (Lipinski definition) is 1. The largest absolute Gasteiger partial charge is 0.250 e. The summed E-state index contributed by atoms with van der Waals surface area (Å²) in [6.45, 7) is 8.35. The predicted octanol–water partition coefficient (Wildman–Crippen LogP) is 4.14. The molecule has 7 heteroatoms. The molecular formula is C12H19BrClNO2S2. The Balaban J connectivity index is 2.66. The summed E-state index contributed by atoms with van der Waals surface area (Å²) in [6, 6.07) is 1.66. The minimum atomic E-state index is -3.46. The van der Waals surface area contributed by atoms with Crippen LogP contribution < -0.4 is 4.72 Å². The molecule has 1 heterocycles. The molecule has 110 valence electrons. The molecule has 1 atom stereocenters. The van der Waals surface area contributed by atoms with Crippen LogP contribution in [0.1, 0.15) is 32.8 Å². The predicted molar refractivity (Wildman–Crippen MR) is 85.7 cm³/mol. The highest BCUT2D eigenvalue weighted by atomic mass is 79.9. The Morgan fingerprint density at radius 3 is 2.47 bits per heavy atom. The van der Waals surface area contributed by atoms with Gasteiger partial charge >= 0.3 is 0 Å². The van der Waals surface area contributed by atoms with Crippen LogP contribution in [0.3, 0.4) is 0 Å². The molecular weight excluding hydrogens is 370 g/mol. The minimum absolute atomic E-state index is 0.0837. The highest BCUT2D eigenvalue weighted by Gasteiger charge is 2.22. The van der Waals surface area contributed by atoms with Gasteiger partial charge in [0.15, 0.2) is 0 Å². The van der Waals surface area contributed by atoms with Crippen molar-refractivity contribution in [2.45, 2.75) is 43.7 Å². The Bertz CT molecular complexity index is 515. The average molecular weight is 389 g/mol. The fraction of sp³-hybridized carbons (Fsp3) is 0.667. The first-order valence-corrected chi connectivity index (χ1v) is 9.44. The SMILES string of the molecule is Cc1cc(S(=O)(=O)NCC(Cl)CC(C)(C)C)sc1Br. The van der Waals surface area contributed by atoms with Crippen molar-refractivity contribution >= 4 is 48.9 Å². The van der Waals surface area contributed by atoms with E-state index in [0.29, 0.717) is 4.21 Å². The quantitative estimate of drug-likeness (QED) is 0.770. The molecule has 19 heavy (non-hydrogen) atoms. The summed E-state index contributed by atoms with van der Waals surface area (Å²) in [6.07, 6.45) is 0.754. The smallest absolute Gasteiger partial charge is 0.209 e. The van der Waals surface area contributed by atoms with E-state index in [1.165, 1.54) is 11.3 Å². The fourth-order valence-electron chi connectivity index (χ4n) is 1.57. The number of thiophene rings is 1. The normalized spacial score (nSPS) is 14.6. The third kappa shape index (κ3) is 5.71. The van der Waals surface area contributed by atoms with Crippen LogP contribution in [-0.4, -0.2) is 20.3 Å². The molecule has 0 amide bonds. The van der Waals surface area contributed by atoms with Gasteiger partial charge in [0, 0.05) is 11.9 Å². The van der Waals surface area contributed by atoms with Crippen molar-refractivity contribution < 1.29 is 8.42 Å². The highest BCUT2D eigenvalue weighted by molar-refractivity contribution is 9.11. The van der Waals surface area contributed by atoms with Gasteiger partial charge in [0.05, 0.1) is 3.79 Å². The molecule has 0 fully saturated rings. The molecule has 0 aliphatic heterocycles. The van der Waals surface area contributed by atoms with Crippen LogP contribution in [0.25, 0.3) is 0 Å². The number of rotatable bonds is 5. The zero-order valence-corrected chi connectivity index (χ0v) is 15.4. The lowest BCUT2D eigenvalue weighted by molar-refractivity contribution is 0.369. The van der Waals surface area contributed by atoms with Gasteiger partial charge < -0.3 is 0 Å². The standard InChI is InChI=1S/C12H19BrClNO2S2/c1-8-5-10(18-11(8)13)19(16,17)15-7-9(14)6-12(2,3)4/h5,9,15H,6-7H2,1-4H3. The van der Waals surface area contributed by atoms with E-state index < -0.39 is 10.0 Å². The van der Waals surface area contributed by atoms with Gasteiger partial charge in [-0.1, -0.05) is 20.8 Å². The lowest BCUT2D eigenvalue weighted by atomic mass is 9.90. The Hall–Kier alpha value is 0.380. The first kappa shape index (κ1) is 17.4. The highest BCUT2D eigenvalue weighted by Crippen LogP contribution is 2.30. The van der Waals surface area contributed by atoms with Crippen LogP contribution in [0, 0.1) is 12.3 Å². The van der Waals surface area contributed by atoms with Crippen LogP contribution in [0.15, 0.2) is 14.1 Å². The van der Waals surface area contributed by atoms with E-state index in [0.717, 1.165) is 15.8 Å². The molecule has 1 aromatic heterocycles. The van der Waals surface area contributed by atoms with Crippen molar-refractivity contribution in [3.8, 4) is 0 Å². The van der Waals surface area contributed by atoms with E-state index in [1.54, 1.807) is 6.07 Å². The van der Waals surface area contributed by atoms with Gasteiger partial charge in [0.2, 0.25) is 10.0 Å². The summed E-state index contributed by atoms with van der Waals surface area (Å²) in [7, 11) is -3.46. The van der Waals surface area contributed by atoms with Crippen molar-refractivity contribution in [2.75, 3.05) is 6.54 Å². The molecule has 1 N–H and O–H groups in total. The Kier molecular flexibility index (Phi) is 5.90. The molecule has 0 saturated heterocycles. The van der Waals surface area contributed by atoms with Gasteiger partial charge in [-0.2, -0.15) is 0 Å². The third-order valence-electron chi connectivity index (χ3n) is 2.43. The Morgan fingerprint density at radius 2 is 2.05 bits per heavy atom. The van der Waals surface area contributed by atoms with Gasteiger partial charge in [0.25, 0.3) is 0 Å². The van der Waals surface area contributed by atoms with Crippen molar-refractivity contribution in [3.63, 3.8) is 0 Å². The molecule has 0 radical (unpaired) electrons. The number of halogens is 2.